The van der Waals surface area contributed by atoms with Crippen molar-refractivity contribution in [3.05, 3.63) is 67.3 Å². The molecule has 180 valence electrons. The average Bonchev–Trinajstić information content (AvgIpc) is 3.53. The monoisotopic (exact) mass is 499 g/mol. The summed E-state index contributed by atoms with van der Waals surface area (Å²) in [5.74, 6) is -3.05. The van der Waals surface area contributed by atoms with E-state index in [1.807, 2.05) is 34.3 Å². The van der Waals surface area contributed by atoms with E-state index in [1.165, 1.54) is 22.7 Å². The predicted molar refractivity (Wildman–Crippen MR) is 133 cm³/mol. The van der Waals surface area contributed by atoms with Crippen LogP contribution >= 0.6 is 22.7 Å². The maximum absolute atomic E-state index is 14.1. The zero-order chi connectivity index (χ0) is 24.2. The van der Waals surface area contributed by atoms with Crippen LogP contribution in [0.1, 0.15) is 62.3 Å². The first-order valence-electron chi connectivity index (χ1n) is 11.7. The lowest BCUT2D eigenvalue weighted by molar-refractivity contribution is -0.152. The van der Waals surface area contributed by atoms with Crippen molar-refractivity contribution < 1.29 is 23.9 Å². The van der Waals surface area contributed by atoms with Gasteiger partial charge in [-0.25, -0.2) is 4.79 Å². The molecule has 3 heterocycles. The van der Waals surface area contributed by atoms with Crippen molar-refractivity contribution in [3.63, 3.8) is 0 Å². The average molecular weight is 500 g/mol. The Hall–Kier alpha value is -2.71. The predicted octanol–water partition coefficient (Wildman–Crippen LogP) is 5.30. The van der Waals surface area contributed by atoms with Crippen LogP contribution < -0.4 is 5.32 Å². The number of dihydropyridines is 1. The highest BCUT2D eigenvalue weighted by molar-refractivity contribution is 7.10. The Bertz CT molecular complexity index is 1110. The number of esters is 2. The highest BCUT2D eigenvalue weighted by Crippen LogP contribution is 2.49. The van der Waals surface area contributed by atoms with Crippen molar-refractivity contribution in [2.75, 3.05) is 13.2 Å². The smallest absolute Gasteiger partial charge is 0.336 e. The van der Waals surface area contributed by atoms with Gasteiger partial charge in [0, 0.05) is 33.7 Å². The van der Waals surface area contributed by atoms with Gasteiger partial charge in [0.05, 0.1) is 18.8 Å². The molecule has 2 aromatic heterocycles. The second-order valence-electron chi connectivity index (χ2n) is 8.29. The molecule has 2 aliphatic rings. The van der Waals surface area contributed by atoms with Gasteiger partial charge >= 0.3 is 11.9 Å². The van der Waals surface area contributed by atoms with Crippen LogP contribution in [0.4, 0.5) is 0 Å². The van der Waals surface area contributed by atoms with E-state index in [1.54, 1.807) is 13.8 Å². The summed E-state index contributed by atoms with van der Waals surface area (Å²) in [6.07, 6.45) is 1.98. The molecule has 0 amide bonds. The summed E-state index contributed by atoms with van der Waals surface area (Å²) in [4.78, 5) is 41.4. The van der Waals surface area contributed by atoms with E-state index in [2.05, 4.69) is 12.2 Å². The zero-order valence-corrected chi connectivity index (χ0v) is 21.2. The van der Waals surface area contributed by atoms with E-state index in [9.17, 15) is 14.4 Å². The number of allylic oxidation sites excluding steroid dienone is 3. The molecule has 2 aromatic rings. The van der Waals surface area contributed by atoms with Gasteiger partial charge < -0.3 is 14.8 Å². The Balaban J connectivity index is 1.88. The van der Waals surface area contributed by atoms with Gasteiger partial charge in [-0.15, -0.1) is 11.3 Å². The maximum Gasteiger partial charge on any atom is 0.336 e. The second-order valence-corrected chi connectivity index (χ2v) is 10.0. The molecule has 4 rings (SSSR count). The highest BCUT2D eigenvalue weighted by atomic mass is 32.1. The van der Waals surface area contributed by atoms with Gasteiger partial charge in [0.1, 0.15) is 5.92 Å². The third kappa shape index (κ3) is 4.49. The zero-order valence-electron chi connectivity index (χ0n) is 19.6. The van der Waals surface area contributed by atoms with E-state index < -0.39 is 23.8 Å². The second kappa shape index (κ2) is 10.7. The van der Waals surface area contributed by atoms with Gasteiger partial charge in [-0.3, -0.25) is 9.59 Å². The summed E-state index contributed by atoms with van der Waals surface area (Å²) in [6, 6.07) is 5.83. The molecule has 0 fully saturated rings. The largest absolute Gasteiger partial charge is 0.465 e. The van der Waals surface area contributed by atoms with Crippen molar-refractivity contribution in [2.24, 2.45) is 5.92 Å². The molecular weight excluding hydrogens is 470 g/mol. The van der Waals surface area contributed by atoms with Crippen molar-refractivity contribution in [1.29, 1.82) is 0 Å². The molecule has 0 spiro atoms. The van der Waals surface area contributed by atoms with Gasteiger partial charge in [0.25, 0.3) is 0 Å². The summed E-state index contributed by atoms with van der Waals surface area (Å²) in [6.45, 7) is 6.01. The number of hydrogen-bond donors (Lipinski definition) is 1. The van der Waals surface area contributed by atoms with Crippen molar-refractivity contribution in [1.82, 2.24) is 5.32 Å². The molecule has 34 heavy (non-hydrogen) atoms. The minimum Gasteiger partial charge on any atom is -0.465 e. The molecule has 1 aliphatic carbocycles. The number of ether oxygens (including phenoxy) is 2. The number of rotatable bonds is 8. The lowest BCUT2D eigenvalue weighted by atomic mass is 9.68. The Kier molecular flexibility index (Phi) is 7.68. The number of carbonyl (C=O) groups is 3. The van der Waals surface area contributed by atoms with Crippen molar-refractivity contribution in [2.45, 2.75) is 51.9 Å². The van der Waals surface area contributed by atoms with E-state index >= 15 is 0 Å². The molecule has 8 heteroatoms. The Morgan fingerprint density at radius 3 is 2.53 bits per heavy atom. The molecule has 0 unspecified atom stereocenters. The number of hydrogen-bond acceptors (Lipinski definition) is 8. The van der Waals surface area contributed by atoms with Crippen LogP contribution in [0, 0.1) is 5.92 Å². The minimum atomic E-state index is -0.948. The molecule has 0 saturated heterocycles. The van der Waals surface area contributed by atoms with Gasteiger partial charge in [-0.05, 0) is 60.5 Å². The number of ketones is 1. The summed E-state index contributed by atoms with van der Waals surface area (Å²) in [5, 5.41) is 9.29. The van der Waals surface area contributed by atoms with Gasteiger partial charge in [0.2, 0.25) is 0 Å². The molecule has 0 bridgehead atoms. The fourth-order valence-corrected chi connectivity index (χ4v) is 6.44. The number of carbonyl (C=O) groups excluding carboxylic acids is 3. The Morgan fingerprint density at radius 2 is 1.91 bits per heavy atom. The number of nitrogens with one attached hydrogen (secondary N) is 1. The number of Topliss-reactive ketones (excluding diaryl/α,β-unsaturated/α-hetero) is 1. The van der Waals surface area contributed by atoms with Crippen LogP contribution in [0.5, 0.6) is 0 Å². The summed E-state index contributed by atoms with van der Waals surface area (Å²) in [5.41, 5.74) is 3.39. The van der Waals surface area contributed by atoms with Crippen LogP contribution in [0.2, 0.25) is 0 Å². The van der Waals surface area contributed by atoms with Crippen LogP contribution in [-0.4, -0.2) is 30.9 Å². The van der Waals surface area contributed by atoms with E-state index in [0.717, 1.165) is 28.3 Å². The van der Waals surface area contributed by atoms with Crippen LogP contribution in [0.25, 0.3) is 0 Å². The normalized spacial score (nSPS) is 22.3. The van der Waals surface area contributed by atoms with E-state index in [-0.39, 0.29) is 24.9 Å². The molecule has 3 atom stereocenters. The third-order valence-electron chi connectivity index (χ3n) is 6.22. The molecular formula is C26H29NO5S2. The molecule has 6 nitrogen and oxygen atoms in total. The summed E-state index contributed by atoms with van der Waals surface area (Å²) in [7, 11) is 0. The Labute approximate surface area is 207 Å². The van der Waals surface area contributed by atoms with Crippen LogP contribution in [0.3, 0.4) is 0 Å². The molecule has 1 aliphatic heterocycles. The topological polar surface area (TPSA) is 81.7 Å². The lowest BCUT2D eigenvalue weighted by Crippen LogP contribution is -2.43. The standard InChI is InChI=1S/C26H29NO5S2/c1-4-8-17-23(26(30)32-6-3)20(15-10-12-33-14-15)22-18(27-17)13-16(19-9-7-11-34-19)21(24(22)28)25(29)31-5-2/h7,9-12,14,16,20-21,27H,4-6,8,13H2,1-3H3/t16-,20-,21+/m1/s1. The number of thiophene rings is 2. The summed E-state index contributed by atoms with van der Waals surface area (Å²) >= 11 is 3.05. The quantitative estimate of drug-likeness (QED) is 0.392. The van der Waals surface area contributed by atoms with Gasteiger partial charge in [-0.1, -0.05) is 19.4 Å². The van der Waals surface area contributed by atoms with Crippen LogP contribution in [-0.2, 0) is 23.9 Å². The fraction of sp³-hybridized carbons (Fsp3) is 0.423. The molecule has 0 radical (unpaired) electrons. The maximum atomic E-state index is 14.1. The van der Waals surface area contributed by atoms with Gasteiger partial charge in [-0.2, -0.15) is 11.3 Å². The lowest BCUT2D eigenvalue weighted by Gasteiger charge is -2.39. The first-order chi connectivity index (χ1) is 16.5. The van der Waals surface area contributed by atoms with Gasteiger partial charge in [0.15, 0.2) is 5.78 Å². The van der Waals surface area contributed by atoms with Crippen molar-refractivity contribution >= 4 is 40.4 Å². The van der Waals surface area contributed by atoms with Crippen molar-refractivity contribution in [3.8, 4) is 0 Å². The first-order valence-corrected chi connectivity index (χ1v) is 13.5. The van der Waals surface area contributed by atoms with E-state index in [4.69, 9.17) is 9.47 Å². The summed E-state index contributed by atoms with van der Waals surface area (Å²) < 4.78 is 10.8. The minimum absolute atomic E-state index is 0.201. The van der Waals surface area contributed by atoms with E-state index in [0.29, 0.717) is 24.0 Å². The third-order valence-corrected chi connectivity index (χ3v) is 7.93. The Morgan fingerprint density at radius 1 is 1.12 bits per heavy atom. The molecule has 0 saturated carbocycles. The first kappa shape index (κ1) is 24.4. The highest BCUT2D eigenvalue weighted by Gasteiger charge is 2.49. The van der Waals surface area contributed by atoms with Crippen LogP contribution in [0.15, 0.2) is 56.9 Å². The SMILES string of the molecule is CCCC1=C(C(=O)OCC)[C@H](c2ccsc2)C2=C(C[C@H](c3cccs3)[C@H](C(=O)OCC)C2=O)N1. The molecule has 0 aromatic carbocycles. The fourth-order valence-electron chi connectivity index (χ4n) is 4.89. The molecule has 1 N–H and O–H groups in total.